The second kappa shape index (κ2) is 13.5. The van der Waals surface area contributed by atoms with Gasteiger partial charge in [0.1, 0.15) is 12.4 Å². The molecule has 0 spiro atoms. The molecule has 0 saturated heterocycles. The molecule has 4 aromatic rings. The summed E-state index contributed by atoms with van der Waals surface area (Å²) in [6.07, 6.45) is 3.33. The molecule has 0 radical (unpaired) electrons. The molecule has 3 atom stereocenters. The van der Waals surface area contributed by atoms with Crippen molar-refractivity contribution >= 4 is 29.4 Å². The lowest BCUT2D eigenvalue weighted by Gasteiger charge is -2.28. The average Bonchev–Trinajstić information content (AvgIpc) is 3.40. The number of hydrogen-bond acceptors (Lipinski definition) is 5. The van der Waals surface area contributed by atoms with Gasteiger partial charge in [-0.1, -0.05) is 55.5 Å². The summed E-state index contributed by atoms with van der Waals surface area (Å²) >= 11 is 4.51. The van der Waals surface area contributed by atoms with Crippen LogP contribution in [0.5, 0.6) is 5.75 Å². The molecule has 0 aliphatic heterocycles. The molecule has 2 N–H and O–H groups in total. The van der Waals surface area contributed by atoms with E-state index in [9.17, 15) is 4.79 Å². The van der Waals surface area contributed by atoms with Crippen molar-refractivity contribution in [1.82, 2.24) is 20.4 Å². The van der Waals surface area contributed by atoms with Crippen molar-refractivity contribution in [1.29, 1.82) is 0 Å². The molecule has 6 nitrogen and oxygen atoms in total. The van der Waals surface area contributed by atoms with Crippen LogP contribution in [0.2, 0.25) is 0 Å². The van der Waals surface area contributed by atoms with E-state index in [2.05, 4.69) is 108 Å². The number of thiol groups is 1. The molecule has 0 fully saturated rings. The van der Waals surface area contributed by atoms with Crippen LogP contribution < -0.4 is 10.1 Å². The van der Waals surface area contributed by atoms with Gasteiger partial charge in [0.2, 0.25) is 5.91 Å². The van der Waals surface area contributed by atoms with Crippen LogP contribution in [0.3, 0.4) is 0 Å². The lowest BCUT2D eigenvalue weighted by Crippen LogP contribution is -2.32. The summed E-state index contributed by atoms with van der Waals surface area (Å²) in [7, 11) is 3.53. The Morgan fingerprint density at radius 3 is 2.47 bits per heavy atom. The molecular weight excluding hydrogens is 492 g/mol. The van der Waals surface area contributed by atoms with E-state index in [1.54, 1.807) is 19.0 Å². The molecule has 7 heteroatoms. The monoisotopic (exact) mass is 530 g/mol. The number of hydrogen-bond donors (Lipinski definition) is 3. The number of carbonyl (C=O) groups is 1. The number of ether oxygens (including phenoxy) is 1. The van der Waals surface area contributed by atoms with E-state index in [0.717, 1.165) is 23.1 Å². The van der Waals surface area contributed by atoms with Gasteiger partial charge in [-0.3, -0.25) is 9.89 Å². The van der Waals surface area contributed by atoms with Gasteiger partial charge in [-0.15, -0.1) is 0 Å². The second-order valence-corrected chi connectivity index (χ2v) is 10.6. The Labute approximate surface area is 231 Å². The zero-order valence-corrected chi connectivity index (χ0v) is 23.3. The highest BCUT2D eigenvalue weighted by Gasteiger charge is 2.25. The van der Waals surface area contributed by atoms with Crippen molar-refractivity contribution in [3.05, 3.63) is 95.7 Å². The van der Waals surface area contributed by atoms with Crippen LogP contribution in [0.25, 0.3) is 10.9 Å². The molecule has 2 unspecified atom stereocenters. The van der Waals surface area contributed by atoms with Crippen molar-refractivity contribution in [2.75, 3.05) is 33.8 Å². The van der Waals surface area contributed by atoms with Crippen LogP contribution in [0, 0.1) is 0 Å². The zero-order chi connectivity index (χ0) is 26.9. The van der Waals surface area contributed by atoms with Gasteiger partial charge in [-0.2, -0.15) is 17.7 Å². The highest BCUT2D eigenvalue weighted by molar-refractivity contribution is 7.81. The molecule has 4 rings (SSSR count). The minimum atomic E-state index is -0.0153. The van der Waals surface area contributed by atoms with E-state index >= 15 is 0 Å². The quantitative estimate of drug-likeness (QED) is 0.155. The molecule has 200 valence electrons. The number of fused-ring (bicyclic) bond motifs is 1. The SMILES string of the molecule is CCC(c1ccccc1)C(c1ccc(OCCNC[C@@H](S)CC(=O)N(C)C)cc1)c1ccc2[nH]ncc2c1. The number of amides is 1. The first-order valence-electron chi connectivity index (χ1n) is 13.3. The van der Waals surface area contributed by atoms with E-state index < -0.39 is 0 Å². The Morgan fingerprint density at radius 1 is 1.03 bits per heavy atom. The number of aromatic nitrogens is 2. The molecule has 1 amide bonds. The molecule has 38 heavy (non-hydrogen) atoms. The fraction of sp³-hybridized carbons (Fsp3) is 0.355. The van der Waals surface area contributed by atoms with Crippen molar-refractivity contribution in [2.24, 2.45) is 0 Å². The van der Waals surface area contributed by atoms with Gasteiger partial charge in [-0.25, -0.2) is 0 Å². The molecule has 0 bridgehead atoms. The highest BCUT2D eigenvalue weighted by atomic mass is 32.1. The van der Waals surface area contributed by atoms with Crippen LogP contribution >= 0.6 is 12.6 Å². The number of nitrogens with zero attached hydrogens (tertiary/aromatic N) is 2. The van der Waals surface area contributed by atoms with E-state index in [4.69, 9.17) is 4.74 Å². The normalized spacial score (nSPS) is 13.7. The Balaban J connectivity index is 1.43. The first kappa shape index (κ1) is 27.7. The number of aromatic amines is 1. The maximum atomic E-state index is 11.8. The van der Waals surface area contributed by atoms with Gasteiger partial charge in [0.05, 0.1) is 11.7 Å². The second-order valence-electron chi connectivity index (χ2n) is 9.89. The van der Waals surface area contributed by atoms with Gasteiger partial charge in [0.25, 0.3) is 0 Å². The van der Waals surface area contributed by atoms with Crippen LogP contribution in [0.4, 0.5) is 0 Å². The topological polar surface area (TPSA) is 70.2 Å². The first-order valence-corrected chi connectivity index (χ1v) is 13.8. The Hall–Kier alpha value is -3.29. The number of nitrogens with one attached hydrogen (secondary N) is 2. The average molecular weight is 531 g/mol. The van der Waals surface area contributed by atoms with Crippen LogP contribution in [0.1, 0.15) is 48.3 Å². The summed E-state index contributed by atoms with van der Waals surface area (Å²) in [5.41, 5.74) is 4.93. The van der Waals surface area contributed by atoms with Crippen molar-refractivity contribution in [3.8, 4) is 5.75 Å². The van der Waals surface area contributed by atoms with Gasteiger partial charge in [0, 0.05) is 50.2 Å². The maximum Gasteiger partial charge on any atom is 0.223 e. The van der Waals surface area contributed by atoms with Gasteiger partial charge in [0.15, 0.2) is 0 Å². The molecule has 1 aromatic heterocycles. The molecule has 1 heterocycles. The third-order valence-corrected chi connectivity index (χ3v) is 7.33. The van der Waals surface area contributed by atoms with Crippen LogP contribution in [-0.2, 0) is 4.79 Å². The van der Waals surface area contributed by atoms with E-state index in [1.165, 1.54) is 16.7 Å². The summed E-state index contributed by atoms with van der Waals surface area (Å²) < 4.78 is 5.99. The Morgan fingerprint density at radius 2 is 1.76 bits per heavy atom. The van der Waals surface area contributed by atoms with E-state index in [-0.39, 0.29) is 17.1 Å². The smallest absolute Gasteiger partial charge is 0.223 e. The highest BCUT2D eigenvalue weighted by Crippen LogP contribution is 2.41. The fourth-order valence-corrected chi connectivity index (χ4v) is 5.20. The summed E-state index contributed by atoms with van der Waals surface area (Å²) in [4.78, 5) is 13.4. The standard InChI is InChI=1S/C31H38N4O2S/c1-4-28(22-8-6-5-7-9-22)31(24-12-15-29-25(18-24)20-33-34-29)23-10-13-26(14-11-23)37-17-16-32-21-27(38)19-30(36)35(2)3/h5-15,18,20,27-28,31-32,38H,4,16-17,19,21H2,1-3H3,(H,33,34)/t27-,28?,31?/m0/s1. The third kappa shape index (κ3) is 7.17. The summed E-state index contributed by atoms with van der Waals surface area (Å²) in [5, 5.41) is 11.7. The van der Waals surface area contributed by atoms with Crippen molar-refractivity contribution in [2.45, 2.75) is 36.9 Å². The number of benzene rings is 3. The molecule has 3 aromatic carbocycles. The van der Waals surface area contributed by atoms with Gasteiger partial charge in [-0.05, 0) is 53.3 Å². The van der Waals surface area contributed by atoms with E-state index in [1.807, 2.05) is 6.20 Å². The number of H-pyrrole nitrogens is 1. The lowest BCUT2D eigenvalue weighted by atomic mass is 9.76. The predicted molar refractivity (Wildman–Crippen MR) is 158 cm³/mol. The predicted octanol–water partition coefficient (Wildman–Crippen LogP) is 5.63. The minimum absolute atomic E-state index is 0.0153. The first-order chi connectivity index (χ1) is 18.5. The lowest BCUT2D eigenvalue weighted by molar-refractivity contribution is -0.128. The van der Waals surface area contributed by atoms with Gasteiger partial charge >= 0.3 is 0 Å². The Kier molecular flexibility index (Phi) is 9.85. The van der Waals surface area contributed by atoms with Crippen molar-refractivity contribution in [3.63, 3.8) is 0 Å². The van der Waals surface area contributed by atoms with Crippen LogP contribution in [-0.4, -0.2) is 60.0 Å². The summed E-state index contributed by atoms with van der Waals surface area (Å²) in [6.45, 7) is 4.15. The number of carbonyl (C=O) groups excluding carboxylic acids is 1. The summed E-state index contributed by atoms with van der Waals surface area (Å²) in [5.74, 6) is 1.47. The largest absolute Gasteiger partial charge is 0.492 e. The summed E-state index contributed by atoms with van der Waals surface area (Å²) in [6, 6.07) is 25.9. The third-order valence-electron chi connectivity index (χ3n) is 6.97. The van der Waals surface area contributed by atoms with Gasteiger partial charge < -0.3 is 15.0 Å². The van der Waals surface area contributed by atoms with E-state index in [0.29, 0.717) is 32.0 Å². The number of rotatable bonds is 13. The molecule has 0 saturated carbocycles. The maximum absolute atomic E-state index is 11.8. The Bertz CT molecular complexity index is 1290. The molecule has 0 aliphatic carbocycles. The minimum Gasteiger partial charge on any atom is -0.492 e. The molecular formula is C31H38N4O2S. The molecule has 0 aliphatic rings. The zero-order valence-electron chi connectivity index (χ0n) is 22.4. The van der Waals surface area contributed by atoms with Crippen molar-refractivity contribution < 1.29 is 9.53 Å². The fourth-order valence-electron chi connectivity index (χ4n) is 4.91. The van der Waals surface area contributed by atoms with Crippen LogP contribution in [0.15, 0.2) is 79.0 Å².